The third kappa shape index (κ3) is 5.15. The van der Waals surface area contributed by atoms with E-state index in [2.05, 4.69) is 10.3 Å². The quantitative estimate of drug-likeness (QED) is 0.516. The molecule has 0 aliphatic rings. The van der Waals surface area contributed by atoms with Crippen LogP contribution in [0.25, 0.3) is 26.2 Å². The highest BCUT2D eigenvalue weighted by atomic mass is 32.1. The molecule has 1 aromatic carbocycles. The Morgan fingerprint density at radius 3 is 2.37 bits per heavy atom. The van der Waals surface area contributed by atoms with Crippen LogP contribution in [0.3, 0.4) is 0 Å². The second-order valence-electron chi connectivity index (χ2n) is 5.04. The number of aromatic nitrogens is 1. The van der Waals surface area contributed by atoms with Gasteiger partial charge in [0, 0.05) is 17.3 Å². The van der Waals surface area contributed by atoms with Gasteiger partial charge in [-0.05, 0) is 36.6 Å². The molecule has 3 nitrogen and oxygen atoms in total. The van der Waals surface area contributed by atoms with Crippen molar-refractivity contribution >= 4 is 27.0 Å². The number of hydrogen-bond acceptors (Lipinski definition) is 4. The molecule has 27 heavy (non-hydrogen) atoms. The van der Waals surface area contributed by atoms with Crippen molar-refractivity contribution in [3.63, 3.8) is 0 Å². The molecule has 0 radical (unpaired) electrons. The second-order valence-corrected chi connectivity index (χ2v) is 6.12. The van der Waals surface area contributed by atoms with Crippen molar-refractivity contribution in [2.45, 2.75) is 34.6 Å². The number of nitrogens with one attached hydrogen (secondary N) is 1. The number of benzene rings is 1. The second kappa shape index (κ2) is 11.1. The van der Waals surface area contributed by atoms with Gasteiger partial charge >= 0.3 is 0 Å². The van der Waals surface area contributed by atoms with Crippen molar-refractivity contribution in [1.82, 2.24) is 10.3 Å². The summed E-state index contributed by atoms with van der Waals surface area (Å²) in [5, 5.41) is 13.0. The fourth-order valence-electron chi connectivity index (χ4n) is 2.40. The third-order valence-electron chi connectivity index (χ3n) is 3.62. The number of halogens is 1. The first kappa shape index (κ1) is 22.3. The zero-order valence-electron chi connectivity index (χ0n) is 16.7. The third-order valence-corrected chi connectivity index (χ3v) is 4.75. The summed E-state index contributed by atoms with van der Waals surface area (Å²) < 4.78 is 15.3. The minimum absolute atomic E-state index is 0.200. The molecule has 0 aliphatic heterocycles. The van der Waals surface area contributed by atoms with E-state index in [1.807, 2.05) is 64.1 Å². The van der Waals surface area contributed by atoms with Gasteiger partial charge in [0.15, 0.2) is 0 Å². The molecule has 5 heteroatoms. The molecule has 0 saturated heterocycles. The van der Waals surface area contributed by atoms with E-state index in [0.29, 0.717) is 17.0 Å². The number of pyridine rings is 1. The van der Waals surface area contributed by atoms with E-state index in [0.717, 1.165) is 15.0 Å². The Labute approximate surface area is 165 Å². The largest absolute Gasteiger partial charge is 0.379 e. The smallest absolute Gasteiger partial charge is 0.149 e. The van der Waals surface area contributed by atoms with Crippen LogP contribution in [0.15, 0.2) is 48.2 Å². The molecular formula is C22H26FN3S. The molecule has 0 fully saturated rings. The minimum atomic E-state index is -0.435. The average Bonchev–Trinajstić information content (AvgIpc) is 3.16. The van der Waals surface area contributed by atoms with Crippen molar-refractivity contribution in [3.8, 4) is 16.6 Å². The monoisotopic (exact) mass is 383 g/mol. The lowest BCUT2D eigenvalue weighted by molar-refractivity contribution is 0.616. The maximum Gasteiger partial charge on any atom is 0.149 e. The number of fused-ring (bicyclic) bond motifs is 1. The number of rotatable bonds is 3. The highest BCUT2D eigenvalue weighted by Crippen LogP contribution is 2.33. The van der Waals surface area contributed by atoms with Crippen LogP contribution in [0.5, 0.6) is 0 Å². The first-order valence-electron chi connectivity index (χ1n) is 9.08. The minimum Gasteiger partial charge on any atom is -0.379 e. The van der Waals surface area contributed by atoms with Crippen molar-refractivity contribution in [2.24, 2.45) is 0 Å². The Morgan fingerprint density at radius 1 is 1.11 bits per heavy atom. The fraction of sp³-hybridized carbons (Fsp3) is 0.273. The van der Waals surface area contributed by atoms with E-state index >= 15 is 0 Å². The van der Waals surface area contributed by atoms with Crippen LogP contribution in [0.4, 0.5) is 4.39 Å². The average molecular weight is 384 g/mol. The maximum atomic E-state index is 14.1. The molecule has 1 N–H and O–H groups in total. The zero-order chi connectivity index (χ0) is 20.4. The molecule has 2 heterocycles. The molecule has 3 aromatic rings. The van der Waals surface area contributed by atoms with E-state index in [9.17, 15) is 4.39 Å². The SMILES string of the molecule is CC.CC.CN/C(C#N)=C(\C)c1nc(-c2cc3ccccc3s2)ccc1F. The lowest BCUT2D eigenvalue weighted by Crippen LogP contribution is -2.07. The van der Waals surface area contributed by atoms with Crippen LogP contribution in [0.1, 0.15) is 40.3 Å². The Bertz CT molecular complexity index is 919. The maximum absolute atomic E-state index is 14.1. The standard InChI is InChI=1S/C18H14FN3S.2C2H6/c1-11(15(10-20)21-2)18-13(19)7-8-14(22-18)17-9-12-5-3-4-6-16(12)23-17;2*1-2/h3-9,21H,1-2H3;2*1-2H3/b15-11+;;. The van der Waals surface area contributed by atoms with Gasteiger partial charge < -0.3 is 5.32 Å². The van der Waals surface area contributed by atoms with Gasteiger partial charge in [0.25, 0.3) is 0 Å². The van der Waals surface area contributed by atoms with Crippen LogP contribution in [-0.4, -0.2) is 12.0 Å². The summed E-state index contributed by atoms with van der Waals surface area (Å²) >= 11 is 1.61. The zero-order valence-corrected chi connectivity index (χ0v) is 17.5. The molecule has 0 aliphatic carbocycles. The predicted octanol–water partition coefficient (Wildman–Crippen LogP) is 6.63. The summed E-state index contributed by atoms with van der Waals surface area (Å²) in [5.74, 6) is -0.435. The van der Waals surface area contributed by atoms with Gasteiger partial charge in [-0.25, -0.2) is 9.37 Å². The predicted molar refractivity (Wildman–Crippen MR) is 115 cm³/mol. The first-order valence-corrected chi connectivity index (χ1v) is 9.90. The van der Waals surface area contributed by atoms with Crippen LogP contribution in [-0.2, 0) is 0 Å². The van der Waals surface area contributed by atoms with Gasteiger partial charge in [0.2, 0.25) is 0 Å². The van der Waals surface area contributed by atoms with E-state index in [1.54, 1.807) is 31.4 Å². The van der Waals surface area contributed by atoms with Crippen LogP contribution in [0.2, 0.25) is 0 Å². The highest BCUT2D eigenvalue weighted by Gasteiger charge is 2.13. The summed E-state index contributed by atoms with van der Waals surface area (Å²) in [6, 6.07) is 15.2. The van der Waals surface area contributed by atoms with Crippen molar-refractivity contribution in [3.05, 3.63) is 59.7 Å². The van der Waals surface area contributed by atoms with Crippen molar-refractivity contribution in [2.75, 3.05) is 7.05 Å². The Hall–Kier alpha value is -2.71. The number of allylic oxidation sites excluding steroid dienone is 2. The van der Waals surface area contributed by atoms with Crippen molar-refractivity contribution < 1.29 is 4.39 Å². The van der Waals surface area contributed by atoms with Crippen molar-refractivity contribution in [1.29, 1.82) is 5.26 Å². The van der Waals surface area contributed by atoms with Gasteiger partial charge in [-0.15, -0.1) is 11.3 Å². The lowest BCUT2D eigenvalue weighted by atomic mass is 10.1. The van der Waals surface area contributed by atoms with Gasteiger partial charge in [-0.3, -0.25) is 0 Å². The van der Waals surface area contributed by atoms with Crippen LogP contribution >= 0.6 is 11.3 Å². The molecule has 0 unspecified atom stereocenters. The number of hydrogen-bond donors (Lipinski definition) is 1. The summed E-state index contributed by atoms with van der Waals surface area (Å²) in [6.07, 6.45) is 0. The Kier molecular flexibility index (Phi) is 9.18. The number of thiophene rings is 1. The van der Waals surface area contributed by atoms with Gasteiger partial charge in [-0.1, -0.05) is 45.9 Å². The lowest BCUT2D eigenvalue weighted by Gasteiger charge is -2.07. The van der Waals surface area contributed by atoms with E-state index in [4.69, 9.17) is 5.26 Å². The molecule has 0 amide bonds. The normalized spacial score (nSPS) is 10.6. The Morgan fingerprint density at radius 2 is 1.78 bits per heavy atom. The topological polar surface area (TPSA) is 48.7 Å². The fourth-order valence-corrected chi connectivity index (χ4v) is 3.43. The summed E-state index contributed by atoms with van der Waals surface area (Å²) in [5.41, 5.74) is 1.71. The van der Waals surface area contributed by atoms with Gasteiger partial charge in [0.1, 0.15) is 23.3 Å². The molecule has 0 atom stereocenters. The summed E-state index contributed by atoms with van der Waals surface area (Å²) in [6.45, 7) is 9.69. The molecule has 142 valence electrons. The van der Waals surface area contributed by atoms with Crippen LogP contribution < -0.4 is 5.32 Å². The molecule has 0 bridgehead atoms. The molecule has 2 aromatic heterocycles. The van der Waals surface area contributed by atoms with Gasteiger partial charge in [-0.2, -0.15) is 5.26 Å². The van der Waals surface area contributed by atoms with E-state index in [1.165, 1.54) is 6.07 Å². The van der Waals surface area contributed by atoms with E-state index in [-0.39, 0.29) is 5.69 Å². The van der Waals surface area contributed by atoms with Gasteiger partial charge in [0.05, 0.1) is 10.6 Å². The molecular weight excluding hydrogens is 357 g/mol. The van der Waals surface area contributed by atoms with E-state index < -0.39 is 5.82 Å². The first-order chi connectivity index (χ1) is 13.1. The molecule has 0 spiro atoms. The summed E-state index contributed by atoms with van der Waals surface area (Å²) in [7, 11) is 1.63. The number of nitriles is 1. The van der Waals surface area contributed by atoms with Crippen LogP contribution in [0, 0.1) is 17.1 Å². The Balaban J connectivity index is 0.000000855. The highest BCUT2D eigenvalue weighted by molar-refractivity contribution is 7.22. The summed E-state index contributed by atoms with van der Waals surface area (Å²) in [4.78, 5) is 5.42. The molecule has 0 saturated carbocycles. The molecule has 3 rings (SSSR count). The number of nitrogens with zero attached hydrogens (tertiary/aromatic N) is 2.